The second kappa shape index (κ2) is 9.87. The van der Waals surface area contributed by atoms with Crippen LogP contribution in [0, 0.1) is 0 Å². The fraction of sp³-hybridized carbons (Fsp3) is 0.233. The van der Waals surface area contributed by atoms with Gasteiger partial charge in [-0.1, -0.05) is 45.6 Å². The summed E-state index contributed by atoms with van der Waals surface area (Å²) < 4.78 is 17.3. The molecule has 3 heterocycles. The van der Waals surface area contributed by atoms with Crippen molar-refractivity contribution in [2.24, 2.45) is 0 Å². The fourth-order valence-corrected chi connectivity index (χ4v) is 5.90. The molecule has 0 radical (unpaired) electrons. The standard InChI is InChI=1S/C30H23Cl2N3O5/c31-23-2-1-3-24(32)26(23)27-22(29(40-33-27)16-4-5-16)15-38-20-8-6-18-14-35(11-10-17(18)12-20)19-7-9-21-25(13-19)39-34-28(21)30(36)37/h1-3,6-9,12-13,16H,4-5,10-11,14-15H2,(H,36,37). The van der Waals surface area contributed by atoms with Crippen molar-refractivity contribution in [1.29, 1.82) is 0 Å². The minimum atomic E-state index is -1.10. The predicted octanol–water partition coefficient (Wildman–Crippen LogP) is 7.51. The minimum Gasteiger partial charge on any atom is -0.489 e. The highest BCUT2D eigenvalue weighted by molar-refractivity contribution is 6.39. The molecule has 1 aliphatic heterocycles. The maximum Gasteiger partial charge on any atom is 0.358 e. The molecule has 1 aliphatic carbocycles. The maximum atomic E-state index is 11.3. The van der Waals surface area contributed by atoms with Gasteiger partial charge in [0.1, 0.15) is 23.8 Å². The van der Waals surface area contributed by atoms with Crippen molar-refractivity contribution < 1.29 is 23.7 Å². The fourth-order valence-electron chi connectivity index (χ4n) is 5.32. The zero-order valence-corrected chi connectivity index (χ0v) is 22.7. The summed E-state index contributed by atoms with van der Waals surface area (Å²) in [5.41, 5.74) is 5.95. The Morgan fingerprint density at radius 3 is 2.62 bits per heavy atom. The van der Waals surface area contributed by atoms with E-state index in [1.807, 2.05) is 24.3 Å². The zero-order valence-electron chi connectivity index (χ0n) is 21.2. The lowest BCUT2D eigenvalue weighted by atomic mass is 9.98. The molecule has 0 saturated heterocycles. The Bertz CT molecular complexity index is 1750. The van der Waals surface area contributed by atoms with Gasteiger partial charge in [-0.15, -0.1) is 0 Å². The number of nitrogens with zero attached hydrogens (tertiary/aromatic N) is 3. The first kappa shape index (κ1) is 25.0. The van der Waals surface area contributed by atoms with Crippen molar-refractivity contribution in [3.05, 3.63) is 92.8 Å². The molecular formula is C30H23Cl2N3O5. The number of benzene rings is 3. The molecule has 5 aromatic rings. The van der Waals surface area contributed by atoms with Crippen LogP contribution in [0.3, 0.4) is 0 Å². The summed E-state index contributed by atoms with van der Waals surface area (Å²) in [5.74, 6) is 0.866. The third-order valence-electron chi connectivity index (χ3n) is 7.56. The van der Waals surface area contributed by atoms with Gasteiger partial charge in [0, 0.05) is 36.3 Å². The number of carboxylic acids is 1. The third-order valence-corrected chi connectivity index (χ3v) is 8.19. The summed E-state index contributed by atoms with van der Waals surface area (Å²) in [5, 5.41) is 18.8. The molecule has 40 heavy (non-hydrogen) atoms. The van der Waals surface area contributed by atoms with Gasteiger partial charge in [-0.05, 0) is 66.8 Å². The summed E-state index contributed by atoms with van der Waals surface area (Å²) in [7, 11) is 0. The van der Waals surface area contributed by atoms with Gasteiger partial charge in [-0.2, -0.15) is 0 Å². The molecule has 1 N–H and O–H groups in total. The van der Waals surface area contributed by atoms with Crippen LogP contribution in [-0.4, -0.2) is 27.9 Å². The Kier molecular flexibility index (Phi) is 6.17. The van der Waals surface area contributed by atoms with Crippen molar-refractivity contribution in [2.45, 2.75) is 38.3 Å². The number of carboxylic acid groups (broad SMARTS) is 1. The van der Waals surface area contributed by atoms with E-state index in [-0.39, 0.29) is 5.69 Å². The van der Waals surface area contributed by atoms with E-state index < -0.39 is 5.97 Å². The maximum absolute atomic E-state index is 11.3. The molecule has 3 aromatic carbocycles. The number of carbonyl (C=O) groups is 1. The Morgan fingerprint density at radius 1 is 1.02 bits per heavy atom. The lowest BCUT2D eigenvalue weighted by Crippen LogP contribution is -2.30. The van der Waals surface area contributed by atoms with Gasteiger partial charge in [0.05, 0.1) is 21.0 Å². The molecule has 7 rings (SSSR count). The lowest BCUT2D eigenvalue weighted by Gasteiger charge is -2.31. The van der Waals surface area contributed by atoms with Gasteiger partial charge in [0.25, 0.3) is 0 Å². The smallest absolute Gasteiger partial charge is 0.358 e. The second-order valence-electron chi connectivity index (χ2n) is 10.2. The summed E-state index contributed by atoms with van der Waals surface area (Å²) in [6.45, 7) is 1.81. The van der Waals surface area contributed by atoms with Crippen LogP contribution in [0.2, 0.25) is 10.0 Å². The van der Waals surface area contributed by atoms with Crippen LogP contribution in [-0.2, 0) is 19.6 Å². The molecule has 10 heteroatoms. The van der Waals surface area contributed by atoms with E-state index in [0.717, 1.165) is 48.6 Å². The molecule has 0 spiro atoms. The van der Waals surface area contributed by atoms with Crippen molar-refractivity contribution in [1.82, 2.24) is 10.3 Å². The van der Waals surface area contributed by atoms with Gasteiger partial charge in [0.15, 0.2) is 11.3 Å². The van der Waals surface area contributed by atoms with Crippen LogP contribution < -0.4 is 9.64 Å². The molecule has 2 aromatic heterocycles. The van der Waals surface area contributed by atoms with E-state index >= 15 is 0 Å². The van der Waals surface area contributed by atoms with Crippen LogP contribution in [0.4, 0.5) is 5.69 Å². The summed E-state index contributed by atoms with van der Waals surface area (Å²) >= 11 is 13.0. The molecule has 1 saturated carbocycles. The Morgan fingerprint density at radius 2 is 1.85 bits per heavy atom. The first-order chi connectivity index (χ1) is 19.5. The number of hydrogen-bond donors (Lipinski definition) is 1. The quantitative estimate of drug-likeness (QED) is 0.213. The predicted molar refractivity (Wildman–Crippen MR) is 150 cm³/mol. The highest BCUT2D eigenvalue weighted by Crippen LogP contribution is 2.46. The SMILES string of the molecule is O=C(O)c1noc2cc(N3CCc4cc(OCc5c(-c6c(Cl)cccc6Cl)noc5C5CC5)ccc4C3)ccc12. The monoisotopic (exact) mass is 575 g/mol. The number of hydrogen-bond acceptors (Lipinski definition) is 7. The normalized spacial score (nSPS) is 14.9. The van der Waals surface area contributed by atoms with Gasteiger partial charge < -0.3 is 23.8 Å². The van der Waals surface area contributed by atoms with Crippen LogP contribution in [0.1, 0.15) is 51.7 Å². The van der Waals surface area contributed by atoms with Crippen molar-refractivity contribution in [3.63, 3.8) is 0 Å². The number of ether oxygens (including phenoxy) is 1. The molecule has 202 valence electrons. The zero-order chi connectivity index (χ0) is 27.4. The number of aromatic carboxylic acids is 1. The van der Waals surface area contributed by atoms with Crippen LogP contribution in [0.25, 0.3) is 22.2 Å². The number of fused-ring (bicyclic) bond motifs is 2. The topological polar surface area (TPSA) is 102 Å². The molecule has 2 aliphatic rings. The Labute approximate surface area is 239 Å². The van der Waals surface area contributed by atoms with Gasteiger partial charge in [-0.3, -0.25) is 0 Å². The average Bonchev–Trinajstić information content (AvgIpc) is 3.57. The van der Waals surface area contributed by atoms with E-state index in [2.05, 4.69) is 27.3 Å². The van der Waals surface area contributed by atoms with Gasteiger partial charge in [0.2, 0.25) is 0 Å². The Balaban J connectivity index is 1.10. The first-order valence-corrected chi connectivity index (χ1v) is 13.8. The van der Waals surface area contributed by atoms with Gasteiger partial charge in [-0.25, -0.2) is 4.79 Å². The third kappa shape index (κ3) is 4.47. The number of aromatic nitrogens is 2. The first-order valence-electron chi connectivity index (χ1n) is 13.0. The van der Waals surface area contributed by atoms with E-state index in [9.17, 15) is 9.90 Å². The van der Waals surface area contributed by atoms with Crippen LogP contribution in [0.5, 0.6) is 5.75 Å². The molecule has 0 amide bonds. The Hall–Kier alpha value is -4.01. The molecule has 1 fully saturated rings. The summed E-state index contributed by atoms with van der Waals surface area (Å²) in [6.07, 6.45) is 2.97. The minimum absolute atomic E-state index is 0.0735. The van der Waals surface area contributed by atoms with Crippen molar-refractivity contribution in [3.8, 4) is 17.0 Å². The highest BCUT2D eigenvalue weighted by Gasteiger charge is 2.34. The number of halogens is 2. The molecule has 0 atom stereocenters. The molecule has 8 nitrogen and oxygen atoms in total. The molecule has 0 unspecified atom stereocenters. The second-order valence-corrected chi connectivity index (χ2v) is 11.0. The summed E-state index contributed by atoms with van der Waals surface area (Å²) in [6, 6.07) is 17.1. The number of rotatable bonds is 7. The largest absolute Gasteiger partial charge is 0.489 e. The lowest BCUT2D eigenvalue weighted by molar-refractivity contribution is 0.0688. The van der Waals surface area contributed by atoms with Crippen LogP contribution in [0.15, 0.2) is 63.6 Å². The van der Waals surface area contributed by atoms with Gasteiger partial charge >= 0.3 is 5.97 Å². The average molecular weight is 576 g/mol. The highest BCUT2D eigenvalue weighted by atomic mass is 35.5. The molecular weight excluding hydrogens is 553 g/mol. The summed E-state index contributed by atoms with van der Waals surface area (Å²) in [4.78, 5) is 13.6. The van der Waals surface area contributed by atoms with Crippen LogP contribution >= 0.6 is 23.2 Å². The van der Waals surface area contributed by atoms with E-state index in [1.165, 1.54) is 11.1 Å². The van der Waals surface area contributed by atoms with E-state index in [1.54, 1.807) is 18.2 Å². The van der Waals surface area contributed by atoms with E-state index in [4.69, 9.17) is 37.0 Å². The van der Waals surface area contributed by atoms with Crippen molar-refractivity contribution >= 4 is 45.8 Å². The van der Waals surface area contributed by atoms with Crippen molar-refractivity contribution in [2.75, 3.05) is 11.4 Å². The van der Waals surface area contributed by atoms with E-state index in [0.29, 0.717) is 51.3 Å². The molecule has 0 bridgehead atoms. The number of anilines is 1.